The molecule has 0 saturated heterocycles. The fourth-order valence-electron chi connectivity index (χ4n) is 1.94. The highest BCUT2D eigenvalue weighted by Gasteiger charge is 2.11. The normalized spacial score (nSPS) is 11.5. The molecule has 80 valence electrons. The summed E-state index contributed by atoms with van der Waals surface area (Å²) in [5, 5.41) is 0.770. The highest BCUT2D eigenvalue weighted by atomic mass is 35.5. The lowest BCUT2D eigenvalue weighted by molar-refractivity contribution is 0.588. The summed E-state index contributed by atoms with van der Waals surface area (Å²) in [7, 11) is 0. The van der Waals surface area contributed by atoms with E-state index in [1.54, 1.807) is 0 Å². The minimum atomic E-state index is 0.420. The minimum Gasteiger partial charge on any atom is -0.325 e. The van der Waals surface area contributed by atoms with Crippen LogP contribution in [0.25, 0.3) is 11.0 Å². The van der Waals surface area contributed by atoms with Gasteiger partial charge in [-0.05, 0) is 32.0 Å². The number of aromatic nitrogens is 2. The Labute approximate surface area is 94.9 Å². The largest absolute Gasteiger partial charge is 0.325 e. The van der Waals surface area contributed by atoms with Gasteiger partial charge in [0.15, 0.2) is 0 Å². The van der Waals surface area contributed by atoms with Gasteiger partial charge in [-0.25, -0.2) is 4.98 Å². The molecule has 0 aliphatic carbocycles. The van der Waals surface area contributed by atoms with E-state index in [4.69, 9.17) is 11.6 Å². The SMILES string of the molecule is CCc1nc2ccc(Cl)cc2n1C(C)C. The Morgan fingerprint density at radius 1 is 1.40 bits per heavy atom. The third-order valence-electron chi connectivity index (χ3n) is 2.56. The van der Waals surface area contributed by atoms with Crippen LogP contribution in [0.15, 0.2) is 18.2 Å². The number of benzene rings is 1. The van der Waals surface area contributed by atoms with E-state index in [9.17, 15) is 0 Å². The van der Waals surface area contributed by atoms with Gasteiger partial charge in [0.1, 0.15) is 5.82 Å². The highest BCUT2D eigenvalue weighted by molar-refractivity contribution is 6.31. The molecule has 2 rings (SSSR count). The van der Waals surface area contributed by atoms with Crippen molar-refractivity contribution in [3.8, 4) is 0 Å². The number of nitrogens with zero attached hydrogens (tertiary/aromatic N) is 2. The topological polar surface area (TPSA) is 17.8 Å². The van der Waals surface area contributed by atoms with Crippen molar-refractivity contribution >= 4 is 22.6 Å². The number of hydrogen-bond donors (Lipinski definition) is 0. The van der Waals surface area contributed by atoms with Crippen molar-refractivity contribution < 1.29 is 0 Å². The molecular formula is C12H15ClN2. The molecule has 0 bridgehead atoms. The lowest BCUT2D eigenvalue weighted by Crippen LogP contribution is -2.05. The lowest BCUT2D eigenvalue weighted by atomic mass is 10.3. The first kappa shape index (κ1) is 10.5. The average molecular weight is 223 g/mol. The van der Waals surface area contributed by atoms with Gasteiger partial charge in [0.2, 0.25) is 0 Å². The summed E-state index contributed by atoms with van der Waals surface area (Å²) in [5.74, 6) is 1.13. The molecule has 2 nitrogen and oxygen atoms in total. The Bertz CT molecular complexity index is 486. The molecule has 1 aromatic heterocycles. The van der Waals surface area contributed by atoms with Crippen molar-refractivity contribution in [2.45, 2.75) is 33.2 Å². The van der Waals surface area contributed by atoms with Crippen molar-refractivity contribution in [3.63, 3.8) is 0 Å². The highest BCUT2D eigenvalue weighted by Crippen LogP contribution is 2.24. The fourth-order valence-corrected chi connectivity index (χ4v) is 2.11. The summed E-state index contributed by atoms with van der Waals surface area (Å²) in [6.45, 7) is 6.46. The molecule has 0 spiro atoms. The van der Waals surface area contributed by atoms with E-state index in [1.807, 2.05) is 18.2 Å². The van der Waals surface area contributed by atoms with E-state index in [0.29, 0.717) is 6.04 Å². The van der Waals surface area contributed by atoms with Crippen molar-refractivity contribution in [1.82, 2.24) is 9.55 Å². The fraction of sp³-hybridized carbons (Fsp3) is 0.417. The second-order valence-electron chi connectivity index (χ2n) is 3.98. The molecule has 0 aliphatic heterocycles. The first-order valence-electron chi connectivity index (χ1n) is 5.30. The van der Waals surface area contributed by atoms with Gasteiger partial charge in [-0.2, -0.15) is 0 Å². The van der Waals surface area contributed by atoms with Crippen molar-refractivity contribution in [1.29, 1.82) is 0 Å². The second kappa shape index (κ2) is 3.86. The zero-order valence-electron chi connectivity index (χ0n) is 9.29. The molecule has 0 N–H and O–H groups in total. The molecule has 1 aromatic carbocycles. The lowest BCUT2D eigenvalue weighted by Gasteiger charge is -2.11. The maximum absolute atomic E-state index is 6.01. The van der Waals surface area contributed by atoms with Crippen LogP contribution >= 0.6 is 11.6 Å². The summed E-state index contributed by atoms with van der Waals surface area (Å²) in [6, 6.07) is 6.28. The van der Waals surface area contributed by atoms with Crippen molar-refractivity contribution in [3.05, 3.63) is 29.0 Å². The third kappa shape index (κ3) is 1.74. The summed E-state index contributed by atoms with van der Waals surface area (Å²) in [5.41, 5.74) is 2.17. The van der Waals surface area contributed by atoms with Crippen molar-refractivity contribution in [2.24, 2.45) is 0 Å². The molecule has 0 unspecified atom stereocenters. The summed E-state index contributed by atoms with van der Waals surface area (Å²) in [6.07, 6.45) is 0.949. The smallest absolute Gasteiger partial charge is 0.109 e. The van der Waals surface area contributed by atoms with E-state index < -0.39 is 0 Å². The Morgan fingerprint density at radius 2 is 2.13 bits per heavy atom. The van der Waals surface area contributed by atoms with Gasteiger partial charge < -0.3 is 4.57 Å². The third-order valence-corrected chi connectivity index (χ3v) is 2.79. The monoisotopic (exact) mass is 222 g/mol. The first-order valence-corrected chi connectivity index (χ1v) is 5.67. The number of hydrogen-bond acceptors (Lipinski definition) is 1. The minimum absolute atomic E-state index is 0.420. The molecule has 0 atom stereocenters. The maximum atomic E-state index is 6.01. The molecule has 2 aromatic rings. The summed E-state index contributed by atoms with van der Waals surface area (Å²) < 4.78 is 2.25. The quantitative estimate of drug-likeness (QED) is 0.755. The number of imidazole rings is 1. The average Bonchev–Trinajstić information content (AvgIpc) is 2.55. The maximum Gasteiger partial charge on any atom is 0.109 e. The number of fused-ring (bicyclic) bond motifs is 1. The molecule has 1 heterocycles. The van der Waals surface area contributed by atoms with Gasteiger partial charge in [-0.1, -0.05) is 18.5 Å². The summed E-state index contributed by atoms with van der Waals surface area (Å²) in [4.78, 5) is 4.60. The molecule has 0 fully saturated rings. The van der Waals surface area contributed by atoms with Gasteiger partial charge in [-0.15, -0.1) is 0 Å². The van der Waals surface area contributed by atoms with Gasteiger partial charge in [0.25, 0.3) is 0 Å². The predicted octanol–water partition coefficient (Wildman–Crippen LogP) is 3.83. The standard InChI is InChI=1S/C12H15ClN2/c1-4-12-14-10-6-5-9(13)7-11(10)15(12)8(2)3/h5-8H,4H2,1-3H3. The molecule has 15 heavy (non-hydrogen) atoms. The first-order chi connectivity index (χ1) is 7.13. The zero-order valence-corrected chi connectivity index (χ0v) is 10.0. The Kier molecular flexibility index (Phi) is 2.70. The van der Waals surface area contributed by atoms with Crippen LogP contribution in [0.4, 0.5) is 0 Å². The van der Waals surface area contributed by atoms with Crippen LogP contribution in [0.2, 0.25) is 5.02 Å². The molecule has 3 heteroatoms. The number of rotatable bonds is 2. The van der Waals surface area contributed by atoms with Gasteiger partial charge in [0, 0.05) is 17.5 Å². The van der Waals surface area contributed by atoms with E-state index >= 15 is 0 Å². The van der Waals surface area contributed by atoms with Crippen LogP contribution in [0.3, 0.4) is 0 Å². The second-order valence-corrected chi connectivity index (χ2v) is 4.41. The van der Waals surface area contributed by atoms with Crippen LogP contribution in [-0.2, 0) is 6.42 Å². The van der Waals surface area contributed by atoms with Crippen LogP contribution in [-0.4, -0.2) is 9.55 Å². The van der Waals surface area contributed by atoms with Crippen LogP contribution in [0.1, 0.15) is 32.6 Å². The zero-order chi connectivity index (χ0) is 11.0. The summed E-state index contributed by atoms with van der Waals surface area (Å²) >= 11 is 6.01. The molecule has 0 amide bonds. The molecule has 0 saturated carbocycles. The number of aryl methyl sites for hydroxylation is 1. The van der Waals surface area contributed by atoms with Crippen LogP contribution in [0, 0.1) is 0 Å². The predicted molar refractivity (Wildman–Crippen MR) is 64.5 cm³/mol. The van der Waals surface area contributed by atoms with E-state index in [0.717, 1.165) is 28.3 Å². The van der Waals surface area contributed by atoms with Gasteiger partial charge in [-0.3, -0.25) is 0 Å². The Balaban J connectivity index is 2.76. The van der Waals surface area contributed by atoms with Gasteiger partial charge in [0.05, 0.1) is 11.0 Å². The van der Waals surface area contributed by atoms with Crippen LogP contribution in [0.5, 0.6) is 0 Å². The van der Waals surface area contributed by atoms with Crippen LogP contribution < -0.4 is 0 Å². The number of halogens is 1. The van der Waals surface area contributed by atoms with Crippen molar-refractivity contribution in [2.75, 3.05) is 0 Å². The van der Waals surface area contributed by atoms with Gasteiger partial charge >= 0.3 is 0 Å². The molecule has 0 radical (unpaired) electrons. The Hall–Kier alpha value is -1.02. The van der Waals surface area contributed by atoms with E-state index in [1.165, 1.54) is 0 Å². The van der Waals surface area contributed by atoms with E-state index in [-0.39, 0.29) is 0 Å². The molecular weight excluding hydrogens is 208 g/mol. The van der Waals surface area contributed by atoms with E-state index in [2.05, 4.69) is 30.3 Å². The molecule has 0 aliphatic rings. The Morgan fingerprint density at radius 3 is 2.73 bits per heavy atom.